The van der Waals surface area contributed by atoms with Crippen LogP contribution in [0.15, 0.2) is 0 Å². The van der Waals surface area contributed by atoms with Crippen molar-refractivity contribution in [2.24, 2.45) is 40.1 Å². The van der Waals surface area contributed by atoms with Crippen molar-refractivity contribution in [1.82, 2.24) is 0 Å². The van der Waals surface area contributed by atoms with E-state index in [-0.39, 0.29) is 18.2 Å². The molecular formula is C25H54N2O. The molecule has 3 nitrogen and oxygen atoms in total. The van der Waals surface area contributed by atoms with Crippen LogP contribution in [0.3, 0.4) is 0 Å². The van der Waals surface area contributed by atoms with Crippen LogP contribution in [-0.4, -0.2) is 17.4 Å². The Morgan fingerprint density at radius 2 is 1.07 bits per heavy atom. The molecule has 5 N–H and O–H groups in total. The van der Waals surface area contributed by atoms with E-state index in [2.05, 4.69) is 55.4 Å². The average Bonchev–Trinajstić information content (AvgIpc) is 2.51. The zero-order valence-electron chi connectivity index (χ0n) is 20.6. The fraction of sp³-hybridized carbons (Fsp3) is 1.00. The Hall–Kier alpha value is -0.120. The summed E-state index contributed by atoms with van der Waals surface area (Å²) in [7, 11) is 0. The van der Waals surface area contributed by atoms with E-state index < -0.39 is 0 Å². The molecule has 0 aromatic heterocycles. The first-order valence-corrected chi connectivity index (χ1v) is 12.0. The maximum Gasteiger partial charge on any atom is 0.0550 e. The van der Waals surface area contributed by atoms with Gasteiger partial charge in [0.25, 0.3) is 0 Å². The van der Waals surface area contributed by atoms with Gasteiger partial charge in [-0.2, -0.15) is 0 Å². The number of aliphatic hydroxyl groups is 1. The summed E-state index contributed by atoms with van der Waals surface area (Å²) < 4.78 is 0. The van der Waals surface area contributed by atoms with Crippen LogP contribution in [-0.2, 0) is 0 Å². The normalized spacial score (nSPS) is 16.6. The van der Waals surface area contributed by atoms with Crippen molar-refractivity contribution in [1.29, 1.82) is 0 Å². The van der Waals surface area contributed by atoms with Gasteiger partial charge in [0, 0.05) is 0 Å². The van der Waals surface area contributed by atoms with Crippen molar-refractivity contribution in [3.8, 4) is 0 Å². The lowest BCUT2D eigenvalue weighted by Crippen LogP contribution is -2.40. The second kappa shape index (κ2) is 13.2. The molecule has 0 radical (unpaired) electrons. The largest absolute Gasteiger partial charge is 0.393 e. The first-order chi connectivity index (χ1) is 12.8. The summed E-state index contributed by atoms with van der Waals surface area (Å²) in [5.74, 6) is 1.46. The standard InChI is InChI=1S/C25H54N2O/c1-9-11-13-19(21(17-24(3,4)5)18-25(6,7)8)15-22(28)16-20(23(26)27)14-12-10-2/h19-23,28H,9-18,26-27H2,1-8H3. The molecule has 170 valence electrons. The summed E-state index contributed by atoms with van der Waals surface area (Å²) in [6.45, 7) is 18.6. The predicted octanol–water partition coefficient (Wildman–Crippen LogP) is 6.47. The van der Waals surface area contributed by atoms with Crippen LogP contribution in [0.4, 0.5) is 0 Å². The molecule has 28 heavy (non-hydrogen) atoms. The number of hydrogen-bond donors (Lipinski definition) is 3. The van der Waals surface area contributed by atoms with E-state index in [1.807, 2.05) is 0 Å². The lowest BCUT2D eigenvalue weighted by atomic mass is 9.69. The summed E-state index contributed by atoms with van der Waals surface area (Å²) in [6.07, 6.45) is 10.5. The Kier molecular flexibility index (Phi) is 13.2. The molecule has 0 saturated carbocycles. The summed E-state index contributed by atoms with van der Waals surface area (Å²) in [5, 5.41) is 11.0. The van der Waals surface area contributed by atoms with Crippen LogP contribution < -0.4 is 11.5 Å². The molecule has 0 aliphatic rings. The van der Waals surface area contributed by atoms with Gasteiger partial charge in [0.05, 0.1) is 12.3 Å². The van der Waals surface area contributed by atoms with Gasteiger partial charge in [0.15, 0.2) is 0 Å². The second-order valence-corrected chi connectivity index (χ2v) is 11.8. The van der Waals surface area contributed by atoms with Crippen LogP contribution in [0.2, 0.25) is 0 Å². The van der Waals surface area contributed by atoms with E-state index in [4.69, 9.17) is 11.5 Å². The monoisotopic (exact) mass is 398 g/mol. The van der Waals surface area contributed by atoms with Crippen molar-refractivity contribution in [2.45, 2.75) is 132 Å². The number of aliphatic hydroxyl groups excluding tert-OH is 1. The molecule has 0 aromatic rings. The van der Waals surface area contributed by atoms with Crippen molar-refractivity contribution in [3.05, 3.63) is 0 Å². The topological polar surface area (TPSA) is 72.3 Å². The highest BCUT2D eigenvalue weighted by Gasteiger charge is 2.31. The zero-order chi connectivity index (χ0) is 22.0. The second-order valence-electron chi connectivity index (χ2n) is 11.8. The predicted molar refractivity (Wildman–Crippen MR) is 125 cm³/mol. The fourth-order valence-electron chi connectivity index (χ4n) is 4.72. The maximum absolute atomic E-state index is 11.0. The van der Waals surface area contributed by atoms with Gasteiger partial charge < -0.3 is 16.6 Å². The molecule has 3 atom stereocenters. The molecule has 0 amide bonds. The van der Waals surface area contributed by atoms with E-state index in [0.29, 0.717) is 22.7 Å². The van der Waals surface area contributed by atoms with Gasteiger partial charge >= 0.3 is 0 Å². The molecule has 0 aromatic carbocycles. The molecule has 0 aliphatic heterocycles. The van der Waals surface area contributed by atoms with Crippen molar-refractivity contribution in [2.75, 3.05) is 0 Å². The van der Waals surface area contributed by atoms with Crippen LogP contribution >= 0.6 is 0 Å². The number of nitrogens with two attached hydrogens (primary N) is 2. The SMILES string of the molecule is CCCCC(CC(O)CC(CCCC)C(CC(C)(C)C)CC(C)(C)C)C(N)N. The highest BCUT2D eigenvalue weighted by molar-refractivity contribution is 4.83. The molecule has 0 spiro atoms. The molecular weight excluding hydrogens is 344 g/mol. The van der Waals surface area contributed by atoms with Gasteiger partial charge in [-0.1, -0.05) is 87.5 Å². The Labute approximate surface area is 177 Å². The van der Waals surface area contributed by atoms with Crippen molar-refractivity contribution in [3.63, 3.8) is 0 Å². The molecule has 0 aliphatic carbocycles. The molecule has 0 saturated heterocycles. The number of hydrogen-bond acceptors (Lipinski definition) is 3. The first kappa shape index (κ1) is 27.9. The molecule has 0 heterocycles. The average molecular weight is 399 g/mol. The van der Waals surface area contributed by atoms with E-state index in [9.17, 15) is 5.11 Å². The quantitative estimate of drug-likeness (QED) is 0.293. The number of unbranched alkanes of at least 4 members (excludes halogenated alkanes) is 2. The van der Waals surface area contributed by atoms with E-state index in [1.165, 1.54) is 32.1 Å². The van der Waals surface area contributed by atoms with Crippen LogP contribution in [0.25, 0.3) is 0 Å². The van der Waals surface area contributed by atoms with E-state index >= 15 is 0 Å². The highest BCUT2D eigenvalue weighted by Crippen LogP contribution is 2.41. The maximum atomic E-state index is 11.0. The van der Waals surface area contributed by atoms with Crippen LogP contribution in [0.5, 0.6) is 0 Å². The number of rotatable bonds is 14. The van der Waals surface area contributed by atoms with Crippen molar-refractivity contribution < 1.29 is 5.11 Å². The fourth-order valence-corrected chi connectivity index (χ4v) is 4.72. The third-order valence-electron chi connectivity index (χ3n) is 5.97. The Morgan fingerprint density at radius 1 is 0.679 bits per heavy atom. The van der Waals surface area contributed by atoms with Gasteiger partial charge in [0.2, 0.25) is 0 Å². The minimum atomic E-state index is -0.324. The first-order valence-electron chi connectivity index (χ1n) is 12.0. The van der Waals surface area contributed by atoms with Gasteiger partial charge in [-0.05, 0) is 60.7 Å². The smallest absolute Gasteiger partial charge is 0.0550 e. The summed E-state index contributed by atoms with van der Waals surface area (Å²) in [4.78, 5) is 0. The van der Waals surface area contributed by atoms with E-state index in [1.54, 1.807) is 0 Å². The summed E-state index contributed by atoms with van der Waals surface area (Å²) in [6, 6.07) is 0. The minimum Gasteiger partial charge on any atom is -0.393 e. The summed E-state index contributed by atoms with van der Waals surface area (Å²) >= 11 is 0. The molecule has 3 unspecified atom stereocenters. The Morgan fingerprint density at radius 3 is 1.43 bits per heavy atom. The van der Waals surface area contributed by atoms with Crippen molar-refractivity contribution >= 4 is 0 Å². The Bertz CT molecular complexity index is 365. The third-order valence-corrected chi connectivity index (χ3v) is 5.97. The van der Waals surface area contributed by atoms with Gasteiger partial charge in [-0.25, -0.2) is 0 Å². The third kappa shape index (κ3) is 14.0. The molecule has 0 bridgehead atoms. The van der Waals surface area contributed by atoms with Gasteiger partial charge in [0.1, 0.15) is 0 Å². The summed E-state index contributed by atoms with van der Waals surface area (Å²) in [5.41, 5.74) is 12.7. The van der Waals surface area contributed by atoms with E-state index in [0.717, 1.165) is 32.1 Å². The van der Waals surface area contributed by atoms with Crippen LogP contribution in [0, 0.1) is 28.6 Å². The molecule has 3 heteroatoms. The minimum absolute atomic E-state index is 0.227. The zero-order valence-corrected chi connectivity index (χ0v) is 20.6. The molecule has 0 rings (SSSR count). The lowest BCUT2D eigenvalue weighted by Gasteiger charge is -2.38. The van der Waals surface area contributed by atoms with Gasteiger partial charge in [-0.15, -0.1) is 0 Å². The van der Waals surface area contributed by atoms with Gasteiger partial charge in [-0.3, -0.25) is 0 Å². The molecule has 0 fully saturated rings. The lowest BCUT2D eigenvalue weighted by molar-refractivity contribution is 0.0673. The Balaban J connectivity index is 5.25. The highest BCUT2D eigenvalue weighted by atomic mass is 16.3. The van der Waals surface area contributed by atoms with Crippen LogP contribution in [0.1, 0.15) is 120 Å².